The molecule has 0 saturated carbocycles. The number of para-hydroxylation sites is 2. The number of halogens is 1. The minimum absolute atomic E-state index is 0. The number of amides is 1. The third-order valence-corrected chi connectivity index (χ3v) is 5.00. The van der Waals surface area contributed by atoms with Crippen molar-refractivity contribution in [1.82, 2.24) is 10.2 Å². The van der Waals surface area contributed by atoms with Crippen LogP contribution in [0, 0.1) is 0 Å². The highest BCUT2D eigenvalue weighted by atomic mass is 127. The molecule has 3 rings (SSSR count). The third kappa shape index (κ3) is 7.02. The standard InChI is InChI=1S/C23H31N5O2.HI/c1-4-24-23(25-17-19-8-7-9-20(16-19)26-18(2)29)28-14-12-27(13-15-28)21-10-5-6-11-22(21)30-3;/h5-11,16H,4,12-15,17H2,1-3H3,(H,24,25)(H,26,29);1H. The SMILES string of the molecule is CCNC(=NCc1cccc(NC(C)=O)c1)N1CCN(c2ccccc2OC)CC1.I. The maximum atomic E-state index is 11.3. The van der Waals surface area contributed by atoms with Crippen LogP contribution >= 0.6 is 24.0 Å². The highest BCUT2D eigenvalue weighted by Gasteiger charge is 2.21. The van der Waals surface area contributed by atoms with Gasteiger partial charge in [0.1, 0.15) is 5.75 Å². The predicted octanol–water partition coefficient (Wildman–Crippen LogP) is 3.56. The summed E-state index contributed by atoms with van der Waals surface area (Å²) in [4.78, 5) is 20.8. The molecule has 2 aromatic carbocycles. The van der Waals surface area contributed by atoms with Crippen LogP contribution in [0.1, 0.15) is 19.4 Å². The van der Waals surface area contributed by atoms with Crippen molar-refractivity contribution in [2.24, 2.45) is 4.99 Å². The molecule has 8 heteroatoms. The van der Waals surface area contributed by atoms with Crippen molar-refractivity contribution in [3.8, 4) is 5.75 Å². The summed E-state index contributed by atoms with van der Waals surface area (Å²) in [7, 11) is 1.71. The van der Waals surface area contributed by atoms with Crippen LogP contribution in [-0.4, -0.2) is 56.6 Å². The van der Waals surface area contributed by atoms with E-state index in [0.717, 1.165) is 61.4 Å². The van der Waals surface area contributed by atoms with Gasteiger partial charge in [0.25, 0.3) is 0 Å². The van der Waals surface area contributed by atoms with Gasteiger partial charge in [-0.2, -0.15) is 0 Å². The van der Waals surface area contributed by atoms with Crippen LogP contribution in [0.5, 0.6) is 5.75 Å². The molecule has 1 saturated heterocycles. The van der Waals surface area contributed by atoms with E-state index in [1.165, 1.54) is 6.92 Å². The number of ether oxygens (including phenoxy) is 1. The van der Waals surface area contributed by atoms with Crippen LogP contribution in [0.25, 0.3) is 0 Å². The van der Waals surface area contributed by atoms with Gasteiger partial charge < -0.3 is 25.2 Å². The lowest BCUT2D eigenvalue weighted by atomic mass is 10.2. The maximum absolute atomic E-state index is 11.3. The van der Waals surface area contributed by atoms with Gasteiger partial charge in [-0.05, 0) is 36.8 Å². The van der Waals surface area contributed by atoms with E-state index in [-0.39, 0.29) is 29.9 Å². The first-order valence-electron chi connectivity index (χ1n) is 10.4. The van der Waals surface area contributed by atoms with Gasteiger partial charge in [0.15, 0.2) is 5.96 Å². The van der Waals surface area contributed by atoms with Gasteiger partial charge >= 0.3 is 0 Å². The number of nitrogens with one attached hydrogen (secondary N) is 2. The lowest BCUT2D eigenvalue weighted by molar-refractivity contribution is -0.114. The van der Waals surface area contributed by atoms with Gasteiger partial charge in [-0.1, -0.05) is 24.3 Å². The maximum Gasteiger partial charge on any atom is 0.221 e. The second-order valence-corrected chi connectivity index (χ2v) is 7.20. The highest BCUT2D eigenvalue weighted by Crippen LogP contribution is 2.28. The van der Waals surface area contributed by atoms with Crippen molar-refractivity contribution >= 4 is 47.2 Å². The topological polar surface area (TPSA) is 69.2 Å². The van der Waals surface area contributed by atoms with Crippen LogP contribution in [-0.2, 0) is 11.3 Å². The van der Waals surface area contributed by atoms with Crippen molar-refractivity contribution < 1.29 is 9.53 Å². The molecule has 0 radical (unpaired) electrons. The van der Waals surface area contributed by atoms with Crippen LogP contribution < -0.4 is 20.3 Å². The molecule has 0 unspecified atom stereocenters. The van der Waals surface area contributed by atoms with Gasteiger partial charge in [0.05, 0.1) is 19.3 Å². The number of nitrogens with zero attached hydrogens (tertiary/aromatic N) is 3. The van der Waals surface area contributed by atoms with Gasteiger partial charge in [0, 0.05) is 45.3 Å². The van der Waals surface area contributed by atoms with Gasteiger partial charge in [-0.3, -0.25) is 4.79 Å². The summed E-state index contributed by atoms with van der Waals surface area (Å²) in [6.07, 6.45) is 0. The Balaban J connectivity index is 0.00000341. The molecule has 0 aliphatic carbocycles. The second-order valence-electron chi connectivity index (χ2n) is 7.20. The average Bonchev–Trinajstić information content (AvgIpc) is 2.76. The number of anilines is 2. The predicted molar refractivity (Wildman–Crippen MR) is 138 cm³/mol. The molecule has 1 aliphatic heterocycles. The number of aliphatic imine (C=N–C) groups is 1. The minimum atomic E-state index is -0.0723. The van der Waals surface area contributed by atoms with Gasteiger partial charge in [-0.25, -0.2) is 4.99 Å². The summed E-state index contributed by atoms with van der Waals surface area (Å²) in [6, 6.07) is 16.0. The van der Waals surface area contributed by atoms with Crippen molar-refractivity contribution in [3.63, 3.8) is 0 Å². The van der Waals surface area contributed by atoms with Crippen molar-refractivity contribution in [2.45, 2.75) is 20.4 Å². The van der Waals surface area contributed by atoms with E-state index in [1.54, 1.807) is 7.11 Å². The van der Waals surface area contributed by atoms with Crippen molar-refractivity contribution in [1.29, 1.82) is 0 Å². The Kier molecular flexibility index (Phi) is 9.90. The van der Waals surface area contributed by atoms with Crippen LogP contribution in [0.3, 0.4) is 0 Å². The normalized spacial score (nSPS) is 14.0. The molecule has 168 valence electrons. The lowest BCUT2D eigenvalue weighted by Gasteiger charge is -2.38. The molecule has 0 aromatic heterocycles. The zero-order valence-electron chi connectivity index (χ0n) is 18.4. The summed E-state index contributed by atoms with van der Waals surface area (Å²) in [5.74, 6) is 1.75. The zero-order valence-corrected chi connectivity index (χ0v) is 20.8. The first-order valence-corrected chi connectivity index (χ1v) is 10.4. The van der Waals surface area contributed by atoms with E-state index in [2.05, 4.69) is 33.4 Å². The Morgan fingerprint density at radius 3 is 2.52 bits per heavy atom. The number of benzene rings is 2. The minimum Gasteiger partial charge on any atom is -0.495 e. The quantitative estimate of drug-likeness (QED) is 0.335. The third-order valence-electron chi connectivity index (χ3n) is 5.00. The number of piperazine rings is 1. The molecule has 2 aromatic rings. The fourth-order valence-electron chi connectivity index (χ4n) is 3.59. The number of methoxy groups -OCH3 is 1. The Bertz CT molecular complexity index is 882. The number of hydrogen-bond acceptors (Lipinski definition) is 4. The summed E-state index contributed by atoms with van der Waals surface area (Å²) >= 11 is 0. The summed E-state index contributed by atoms with van der Waals surface area (Å²) in [5, 5.41) is 6.23. The van der Waals surface area contributed by atoms with Crippen molar-refractivity contribution in [3.05, 3.63) is 54.1 Å². The first-order chi connectivity index (χ1) is 14.6. The molecule has 1 fully saturated rings. The fourth-order valence-corrected chi connectivity index (χ4v) is 3.59. The van der Waals surface area contributed by atoms with Crippen LogP contribution in [0.4, 0.5) is 11.4 Å². The number of carbonyl (C=O) groups is 1. The summed E-state index contributed by atoms with van der Waals surface area (Å²) in [6.45, 7) is 8.55. The number of guanidine groups is 1. The van der Waals surface area contributed by atoms with Gasteiger partial charge in [0.2, 0.25) is 5.91 Å². The summed E-state index contributed by atoms with van der Waals surface area (Å²) in [5.41, 5.74) is 2.99. The van der Waals surface area contributed by atoms with E-state index in [4.69, 9.17) is 9.73 Å². The monoisotopic (exact) mass is 537 g/mol. The Morgan fingerprint density at radius 1 is 1.10 bits per heavy atom. The molecular weight excluding hydrogens is 505 g/mol. The average molecular weight is 537 g/mol. The molecular formula is C23H32IN5O2. The van der Waals surface area contributed by atoms with E-state index in [1.807, 2.05) is 42.5 Å². The smallest absolute Gasteiger partial charge is 0.221 e. The number of carbonyl (C=O) groups excluding carboxylic acids is 1. The lowest BCUT2D eigenvalue weighted by Crippen LogP contribution is -2.52. The Morgan fingerprint density at radius 2 is 1.84 bits per heavy atom. The second kappa shape index (κ2) is 12.4. The molecule has 0 spiro atoms. The van der Waals surface area contributed by atoms with E-state index < -0.39 is 0 Å². The largest absolute Gasteiger partial charge is 0.495 e. The van der Waals surface area contributed by atoms with Crippen LogP contribution in [0.15, 0.2) is 53.5 Å². The number of rotatable bonds is 6. The zero-order chi connectivity index (χ0) is 21.3. The molecule has 2 N–H and O–H groups in total. The van der Waals surface area contributed by atoms with Gasteiger partial charge in [-0.15, -0.1) is 24.0 Å². The molecule has 31 heavy (non-hydrogen) atoms. The highest BCUT2D eigenvalue weighted by molar-refractivity contribution is 14.0. The molecule has 0 bridgehead atoms. The Labute approximate surface area is 201 Å². The van der Waals surface area contributed by atoms with E-state index in [9.17, 15) is 4.79 Å². The van der Waals surface area contributed by atoms with Crippen molar-refractivity contribution in [2.75, 3.05) is 50.1 Å². The summed E-state index contributed by atoms with van der Waals surface area (Å²) < 4.78 is 5.52. The van der Waals surface area contributed by atoms with Crippen LogP contribution in [0.2, 0.25) is 0 Å². The number of hydrogen-bond donors (Lipinski definition) is 2. The Hall–Kier alpha value is -2.49. The fraction of sp³-hybridized carbons (Fsp3) is 0.391. The van der Waals surface area contributed by atoms with E-state index >= 15 is 0 Å². The molecule has 7 nitrogen and oxygen atoms in total. The molecule has 0 atom stereocenters. The molecule has 1 heterocycles. The molecule has 1 amide bonds. The molecule has 1 aliphatic rings. The first kappa shape index (κ1) is 24.8. The van der Waals surface area contributed by atoms with E-state index in [0.29, 0.717) is 6.54 Å².